The van der Waals surface area contributed by atoms with Gasteiger partial charge in [0, 0.05) is 33.2 Å². The molecule has 5 heteroatoms. The Labute approximate surface area is 360 Å². The summed E-state index contributed by atoms with van der Waals surface area (Å²) in [5, 5.41) is 8.07. The third kappa shape index (κ3) is 4.85. The molecular weight excluding hydrogens is 769 g/mol. The molecule has 0 fully saturated rings. The van der Waals surface area contributed by atoms with Crippen LogP contribution >= 0.6 is 0 Å². The Morgan fingerprint density at radius 2 is 0.726 bits per heavy atom. The molecule has 11 aromatic rings. The third-order valence-electron chi connectivity index (χ3n) is 13.1. The molecule has 4 nitrogen and oxygen atoms in total. The van der Waals surface area contributed by atoms with Crippen molar-refractivity contribution in [3.8, 4) is 73.2 Å². The number of fused-ring (bicyclic) bond motifs is 13. The molecule has 0 radical (unpaired) electrons. The molecule has 1 unspecified atom stereocenters. The highest BCUT2D eigenvalue weighted by Gasteiger charge is 2.56. The van der Waals surface area contributed by atoms with Crippen molar-refractivity contribution in [2.45, 2.75) is 0 Å². The first kappa shape index (κ1) is 34.8. The van der Waals surface area contributed by atoms with Gasteiger partial charge >= 0.3 is 0 Å². The minimum atomic E-state index is -3.12. The lowest BCUT2D eigenvalue weighted by atomic mass is 9.96. The molecule has 4 heterocycles. The Morgan fingerprint density at radius 3 is 1.35 bits per heavy atom. The standard InChI is InChI=1S/C57H36N4Si/c1-4-19-37(20-5-1)55-58-56(38-21-6-2-7-22-38)60-57(59-55)47-32-17-30-44-41-26-12-15-36-51(41)62(54(44)47)50-35-14-11-25-40(50)43-29-16-31-45(53(43)62)42-28-18-34-49-52(42)46-27-10-13-33-48(46)61(49)39-23-8-3-9-24-39/h1-36H. The fourth-order valence-corrected chi connectivity index (χ4v) is 16.7. The van der Waals surface area contributed by atoms with Gasteiger partial charge in [0.15, 0.2) is 25.5 Å². The van der Waals surface area contributed by atoms with Crippen LogP contribution in [-0.2, 0) is 0 Å². The summed E-state index contributed by atoms with van der Waals surface area (Å²) in [5.74, 6) is 2.01. The molecule has 2 aromatic heterocycles. The van der Waals surface area contributed by atoms with E-state index in [0.717, 1.165) is 22.4 Å². The second-order valence-electron chi connectivity index (χ2n) is 16.2. The highest BCUT2D eigenvalue weighted by atomic mass is 28.3. The molecule has 1 atom stereocenters. The topological polar surface area (TPSA) is 43.6 Å². The minimum Gasteiger partial charge on any atom is -0.309 e. The van der Waals surface area contributed by atoms with Gasteiger partial charge < -0.3 is 4.57 Å². The van der Waals surface area contributed by atoms with Crippen molar-refractivity contribution in [1.82, 2.24) is 19.5 Å². The van der Waals surface area contributed by atoms with E-state index in [1.807, 2.05) is 36.4 Å². The first-order valence-corrected chi connectivity index (χ1v) is 23.2. The number of hydrogen-bond donors (Lipinski definition) is 0. The molecule has 288 valence electrons. The van der Waals surface area contributed by atoms with Crippen LogP contribution in [0, 0.1) is 0 Å². The molecule has 9 aromatic carbocycles. The molecule has 0 aliphatic carbocycles. The molecule has 0 bridgehead atoms. The summed E-state index contributed by atoms with van der Waals surface area (Å²) in [7, 11) is -3.12. The molecule has 0 amide bonds. The molecular formula is C57H36N4Si. The zero-order chi connectivity index (χ0) is 40.8. The lowest BCUT2D eigenvalue weighted by Gasteiger charge is -2.31. The predicted molar refractivity (Wildman–Crippen MR) is 258 cm³/mol. The zero-order valence-electron chi connectivity index (χ0n) is 33.6. The van der Waals surface area contributed by atoms with Gasteiger partial charge in [0.2, 0.25) is 0 Å². The lowest BCUT2D eigenvalue weighted by Crippen LogP contribution is -2.71. The maximum atomic E-state index is 5.39. The van der Waals surface area contributed by atoms with E-state index in [1.54, 1.807) is 0 Å². The number of nitrogens with zero attached hydrogens (tertiary/aromatic N) is 4. The van der Waals surface area contributed by atoms with Crippen LogP contribution in [0.5, 0.6) is 0 Å². The zero-order valence-corrected chi connectivity index (χ0v) is 34.6. The number of rotatable bonds is 5. The number of aromatic nitrogens is 4. The summed E-state index contributed by atoms with van der Waals surface area (Å²) in [6.07, 6.45) is 0. The molecule has 2 aliphatic rings. The summed E-state index contributed by atoms with van der Waals surface area (Å²) in [5.41, 5.74) is 14.2. The highest BCUT2D eigenvalue weighted by Crippen LogP contribution is 2.44. The van der Waals surface area contributed by atoms with Crippen LogP contribution in [0.1, 0.15) is 0 Å². The number of para-hydroxylation sites is 2. The smallest absolute Gasteiger partial charge is 0.183 e. The van der Waals surface area contributed by atoms with Gasteiger partial charge in [0.1, 0.15) is 0 Å². The van der Waals surface area contributed by atoms with Crippen molar-refractivity contribution < 1.29 is 0 Å². The summed E-state index contributed by atoms with van der Waals surface area (Å²) in [4.78, 5) is 15.9. The van der Waals surface area contributed by atoms with Crippen molar-refractivity contribution in [3.05, 3.63) is 218 Å². The van der Waals surface area contributed by atoms with E-state index in [4.69, 9.17) is 15.0 Å². The average Bonchev–Trinajstić information content (AvgIpc) is 3.97. The van der Waals surface area contributed by atoms with Gasteiger partial charge in [-0.05, 0) is 78.4 Å². The van der Waals surface area contributed by atoms with Gasteiger partial charge in [-0.25, -0.2) is 15.0 Å². The van der Waals surface area contributed by atoms with Gasteiger partial charge in [-0.3, -0.25) is 0 Å². The van der Waals surface area contributed by atoms with Gasteiger partial charge in [-0.2, -0.15) is 0 Å². The van der Waals surface area contributed by atoms with E-state index in [2.05, 4.69) is 187 Å². The minimum absolute atomic E-state index is 0.660. The van der Waals surface area contributed by atoms with Gasteiger partial charge in [0.05, 0.1) is 11.0 Å². The quantitative estimate of drug-likeness (QED) is 0.163. The first-order valence-electron chi connectivity index (χ1n) is 21.2. The van der Waals surface area contributed by atoms with Crippen LogP contribution in [0.2, 0.25) is 0 Å². The van der Waals surface area contributed by atoms with Crippen LogP contribution in [-0.4, -0.2) is 27.6 Å². The molecule has 1 spiro atoms. The predicted octanol–water partition coefficient (Wildman–Crippen LogP) is 11.0. The molecule has 13 rings (SSSR count). The normalized spacial score (nSPS) is 14.5. The van der Waals surface area contributed by atoms with E-state index in [9.17, 15) is 0 Å². The summed E-state index contributed by atoms with van der Waals surface area (Å²) in [6, 6.07) is 79.3. The molecule has 62 heavy (non-hydrogen) atoms. The van der Waals surface area contributed by atoms with Crippen LogP contribution in [0.25, 0.3) is 95.0 Å². The number of benzene rings is 9. The summed E-state index contributed by atoms with van der Waals surface area (Å²) < 4.78 is 2.42. The highest BCUT2D eigenvalue weighted by molar-refractivity contribution is 7.25. The maximum absolute atomic E-state index is 5.39. The molecule has 2 aliphatic heterocycles. The second kappa shape index (κ2) is 13.5. The lowest BCUT2D eigenvalue weighted by molar-refractivity contribution is 1.08. The maximum Gasteiger partial charge on any atom is 0.183 e. The summed E-state index contributed by atoms with van der Waals surface area (Å²) in [6.45, 7) is 0. The SMILES string of the molecule is c1ccc(-c2nc(-c3ccccc3)nc(-c3cccc4c3[Si]3(c5ccccc5-4)c4ccccc4-c4cccc(-c5cccc6c5c5ccccc5n6-c5ccccc5)c43)n2)cc1. The number of hydrogen-bond acceptors (Lipinski definition) is 3. The largest absolute Gasteiger partial charge is 0.309 e. The van der Waals surface area contributed by atoms with Gasteiger partial charge in [-0.1, -0.05) is 194 Å². The Kier molecular flexibility index (Phi) is 7.59. The molecule has 0 saturated heterocycles. The van der Waals surface area contributed by atoms with E-state index >= 15 is 0 Å². The van der Waals surface area contributed by atoms with Crippen molar-refractivity contribution in [2.75, 3.05) is 0 Å². The monoisotopic (exact) mass is 804 g/mol. The van der Waals surface area contributed by atoms with Crippen LogP contribution in [0.15, 0.2) is 218 Å². The Hall–Kier alpha value is -7.99. The van der Waals surface area contributed by atoms with Crippen molar-refractivity contribution in [2.24, 2.45) is 0 Å². The fraction of sp³-hybridized carbons (Fsp3) is 0. The Balaban J connectivity index is 1.16. The second-order valence-corrected chi connectivity index (χ2v) is 19.8. The van der Waals surface area contributed by atoms with Crippen LogP contribution in [0.4, 0.5) is 0 Å². The van der Waals surface area contributed by atoms with E-state index in [-0.39, 0.29) is 0 Å². The molecule has 0 N–H and O–H groups in total. The summed E-state index contributed by atoms with van der Waals surface area (Å²) >= 11 is 0. The van der Waals surface area contributed by atoms with Crippen molar-refractivity contribution in [3.63, 3.8) is 0 Å². The average molecular weight is 805 g/mol. The third-order valence-corrected chi connectivity index (χ3v) is 18.1. The Bertz CT molecular complexity index is 3510. The first-order chi connectivity index (χ1) is 30.8. The van der Waals surface area contributed by atoms with Crippen molar-refractivity contribution in [1.29, 1.82) is 0 Å². The molecule has 0 saturated carbocycles. The fourth-order valence-electron chi connectivity index (χ4n) is 10.7. The van der Waals surface area contributed by atoms with E-state index in [1.165, 1.54) is 75.9 Å². The van der Waals surface area contributed by atoms with Gasteiger partial charge in [0.25, 0.3) is 0 Å². The van der Waals surface area contributed by atoms with E-state index in [0.29, 0.717) is 17.5 Å². The Morgan fingerprint density at radius 1 is 0.306 bits per heavy atom. The van der Waals surface area contributed by atoms with Gasteiger partial charge in [-0.15, -0.1) is 0 Å². The van der Waals surface area contributed by atoms with Crippen LogP contribution in [0.3, 0.4) is 0 Å². The van der Waals surface area contributed by atoms with Crippen molar-refractivity contribution >= 4 is 50.6 Å². The van der Waals surface area contributed by atoms with E-state index < -0.39 is 8.07 Å². The van der Waals surface area contributed by atoms with Crippen LogP contribution < -0.4 is 20.7 Å².